The maximum absolute atomic E-state index is 12.7. The average Bonchev–Trinajstić information content (AvgIpc) is 2.98. The monoisotopic (exact) mass is 287 g/mol. The highest BCUT2D eigenvalue weighted by Crippen LogP contribution is 2.45. The molecule has 1 aliphatic carbocycles. The Hall–Kier alpha value is -0.620. The van der Waals surface area contributed by atoms with E-state index in [1.165, 1.54) is 0 Å². The summed E-state index contributed by atoms with van der Waals surface area (Å²) in [4.78, 5) is 11.2. The summed E-state index contributed by atoms with van der Waals surface area (Å²) >= 11 is 0. The number of carboxylic acid groups (broad SMARTS) is 1. The van der Waals surface area contributed by atoms with Crippen LogP contribution in [0.5, 0.6) is 0 Å². The standard InChI is InChI=1S/C13H21NO4S/c15-13(16)11-8-9-6-7-12(11)14(9)19(17,18)10-4-2-1-3-5-10/h9-12H,1-8H2,(H,15,16). The first-order chi connectivity index (χ1) is 9.01. The van der Waals surface area contributed by atoms with Crippen LogP contribution in [0.3, 0.4) is 0 Å². The fourth-order valence-corrected chi connectivity index (χ4v) is 6.65. The molecule has 3 atom stereocenters. The third-order valence-electron chi connectivity index (χ3n) is 5.06. The molecule has 6 heteroatoms. The number of nitrogens with zero attached hydrogens (tertiary/aromatic N) is 1. The molecule has 108 valence electrons. The highest BCUT2D eigenvalue weighted by Gasteiger charge is 2.55. The first-order valence-corrected chi connectivity index (χ1v) is 8.77. The van der Waals surface area contributed by atoms with Crippen molar-refractivity contribution in [2.45, 2.75) is 68.7 Å². The quantitative estimate of drug-likeness (QED) is 0.855. The highest BCUT2D eigenvalue weighted by molar-refractivity contribution is 7.89. The average molecular weight is 287 g/mol. The van der Waals surface area contributed by atoms with E-state index in [-0.39, 0.29) is 17.3 Å². The van der Waals surface area contributed by atoms with Gasteiger partial charge in [-0.05, 0) is 32.1 Å². The third kappa shape index (κ3) is 2.09. The molecule has 3 aliphatic rings. The van der Waals surface area contributed by atoms with Crippen LogP contribution in [-0.4, -0.2) is 41.1 Å². The van der Waals surface area contributed by atoms with Crippen molar-refractivity contribution in [3.63, 3.8) is 0 Å². The first-order valence-electron chi connectivity index (χ1n) is 7.27. The zero-order valence-electron chi connectivity index (χ0n) is 11.0. The maximum atomic E-state index is 12.7. The van der Waals surface area contributed by atoms with E-state index in [0.717, 1.165) is 38.5 Å². The van der Waals surface area contributed by atoms with Gasteiger partial charge in [0.25, 0.3) is 0 Å². The third-order valence-corrected chi connectivity index (χ3v) is 7.53. The number of aliphatic carboxylic acids is 1. The number of sulfonamides is 1. The molecule has 19 heavy (non-hydrogen) atoms. The lowest BCUT2D eigenvalue weighted by Crippen LogP contribution is -2.43. The van der Waals surface area contributed by atoms with E-state index < -0.39 is 21.9 Å². The van der Waals surface area contributed by atoms with Crippen molar-refractivity contribution in [3.05, 3.63) is 0 Å². The van der Waals surface area contributed by atoms with Gasteiger partial charge in [0.05, 0.1) is 11.2 Å². The zero-order chi connectivity index (χ0) is 13.6. The molecule has 0 radical (unpaired) electrons. The van der Waals surface area contributed by atoms with Gasteiger partial charge in [0, 0.05) is 12.1 Å². The van der Waals surface area contributed by atoms with Crippen molar-refractivity contribution in [1.29, 1.82) is 0 Å². The van der Waals surface area contributed by atoms with Crippen LogP contribution in [0.4, 0.5) is 0 Å². The van der Waals surface area contributed by atoms with Crippen LogP contribution in [-0.2, 0) is 14.8 Å². The topological polar surface area (TPSA) is 74.7 Å². The van der Waals surface area contributed by atoms with Crippen LogP contribution < -0.4 is 0 Å². The molecule has 3 fully saturated rings. The summed E-state index contributed by atoms with van der Waals surface area (Å²) in [5, 5.41) is 8.94. The van der Waals surface area contributed by atoms with Crippen molar-refractivity contribution in [2.24, 2.45) is 5.92 Å². The number of hydrogen-bond donors (Lipinski definition) is 1. The lowest BCUT2D eigenvalue weighted by Gasteiger charge is -2.30. The van der Waals surface area contributed by atoms with Crippen LogP contribution in [0.2, 0.25) is 0 Å². The maximum Gasteiger partial charge on any atom is 0.308 e. The second kappa shape index (κ2) is 4.74. The summed E-state index contributed by atoms with van der Waals surface area (Å²) in [7, 11) is -3.29. The molecule has 2 saturated heterocycles. The second-order valence-corrected chi connectivity index (χ2v) is 8.23. The molecule has 0 aromatic heterocycles. The van der Waals surface area contributed by atoms with Crippen LogP contribution in [0.1, 0.15) is 51.4 Å². The van der Waals surface area contributed by atoms with E-state index in [1.807, 2.05) is 0 Å². The number of rotatable bonds is 3. The summed E-state index contributed by atoms with van der Waals surface area (Å²) in [5.74, 6) is -1.33. The van der Waals surface area contributed by atoms with Gasteiger partial charge in [-0.3, -0.25) is 4.79 Å². The van der Waals surface area contributed by atoms with Gasteiger partial charge < -0.3 is 5.11 Å². The highest BCUT2D eigenvalue weighted by atomic mass is 32.2. The SMILES string of the molecule is O=C(O)C1CC2CCC1N2S(=O)(=O)C1CCCCC1. The minimum Gasteiger partial charge on any atom is -0.481 e. The Balaban J connectivity index is 1.84. The summed E-state index contributed by atoms with van der Waals surface area (Å²) in [6.45, 7) is 0. The predicted octanol–water partition coefficient (Wildman–Crippen LogP) is 1.59. The molecule has 2 bridgehead atoms. The lowest BCUT2D eigenvalue weighted by atomic mass is 9.89. The molecule has 0 aromatic rings. The number of carboxylic acids is 1. The second-order valence-electron chi connectivity index (χ2n) is 6.11. The Labute approximate surface area is 114 Å². The number of carbonyl (C=O) groups is 1. The lowest BCUT2D eigenvalue weighted by molar-refractivity contribution is -0.142. The van der Waals surface area contributed by atoms with Gasteiger partial charge >= 0.3 is 5.97 Å². The molecular formula is C13H21NO4S. The van der Waals surface area contributed by atoms with Gasteiger partial charge in [-0.1, -0.05) is 19.3 Å². The molecule has 1 saturated carbocycles. The van der Waals surface area contributed by atoms with Gasteiger partial charge in [0.1, 0.15) is 0 Å². The molecular weight excluding hydrogens is 266 g/mol. The molecule has 2 aliphatic heterocycles. The van der Waals surface area contributed by atoms with Gasteiger partial charge in [0.2, 0.25) is 10.0 Å². The van der Waals surface area contributed by atoms with E-state index in [4.69, 9.17) is 0 Å². The Morgan fingerprint density at radius 3 is 2.32 bits per heavy atom. The van der Waals surface area contributed by atoms with Gasteiger partial charge in [-0.15, -0.1) is 0 Å². The van der Waals surface area contributed by atoms with E-state index in [1.54, 1.807) is 4.31 Å². The van der Waals surface area contributed by atoms with E-state index in [9.17, 15) is 18.3 Å². The fraction of sp³-hybridized carbons (Fsp3) is 0.923. The Kier molecular flexibility index (Phi) is 3.33. The predicted molar refractivity (Wildman–Crippen MR) is 70.2 cm³/mol. The fourth-order valence-electron chi connectivity index (χ4n) is 4.14. The molecule has 3 rings (SSSR count). The minimum absolute atomic E-state index is 0.0574. The molecule has 5 nitrogen and oxygen atoms in total. The van der Waals surface area contributed by atoms with Crippen LogP contribution in [0, 0.1) is 5.92 Å². The Morgan fingerprint density at radius 1 is 1.05 bits per heavy atom. The first kappa shape index (κ1) is 13.4. The summed E-state index contributed by atoms with van der Waals surface area (Å²) in [6.07, 6.45) is 6.63. The van der Waals surface area contributed by atoms with Crippen molar-refractivity contribution >= 4 is 16.0 Å². The minimum atomic E-state index is -3.29. The van der Waals surface area contributed by atoms with Gasteiger partial charge in [-0.25, -0.2) is 8.42 Å². The summed E-state index contributed by atoms with van der Waals surface area (Å²) < 4.78 is 27.1. The summed E-state index contributed by atoms with van der Waals surface area (Å²) in [5.41, 5.74) is 0. The molecule has 1 N–H and O–H groups in total. The summed E-state index contributed by atoms with van der Waals surface area (Å²) in [6, 6.07) is -0.340. The molecule has 0 aromatic carbocycles. The van der Waals surface area contributed by atoms with Gasteiger partial charge in [-0.2, -0.15) is 4.31 Å². The number of hydrogen-bond acceptors (Lipinski definition) is 3. The Bertz CT molecular complexity index is 469. The van der Waals surface area contributed by atoms with Crippen molar-refractivity contribution < 1.29 is 18.3 Å². The van der Waals surface area contributed by atoms with Gasteiger partial charge in [0.15, 0.2) is 0 Å². The Morgan fingerprint density at radius 2 is 1.74 bits per heavy atom. The molecule has 2 heterocycles. The van der Waals surface area contributed by atoms with Crippen LogP contribution in [0.15, 0.2) is 0 Å². The molecule has 0 amide bonds. The van der Waals surface area contributed by atoms with Crippen molar-refractivity contribution in [3.8, 4) is 0 Å². The van der Waals surface area contributed by atoms with E-state index in [2.05, 4.69) is 0 Å². The van der Waals surface area contributed by atoms with Crippen molar-refractivity contribution in [2.75, 3.05) is 0 Å². The van der Waals surface area contributed by atoms with Crippen LogP contribution in [0.25, 0.3) is 0 Å². The molecule has 0 spiro atoms. The zero-order valence-corrected chi connectivity index (χ0v) is 11.8. The van der Waals surface area contributed by atoms with E-state index in [0.29, 0.717) is 12.8 Å². The van der Waals surface area contributed by atoms with E-state index >= 15 is 0 Å². The van der Waals surface area contributed by atoms with Crippen molar-refractivity contribution in [1.82, 2.24) is 4.31 Å². The molecule has 3 unspecified atom stereocenters. The van der Waals surface area contributed by atoms with Crippen LogP contribution >= 0.6 is 0 Å². The normalized spacial score (nSPS) is 36.7. The smallest absolute Gasteiger partial charge is 0.308 e. The largest absolute Gasteiger partial charge is 0.481 e. The number of fused-ring (bicyclic) bond motifs is 2.